The summed E-state index contributed by atoms with van der Waals surface area (Å²) in [4.78, 5) is 19.6. The van der Waals surface area contributed by atoms with Crippen molar-refractivity contribution < 1.29 is 9.90 Å². The minimum Gasteiger partial charge on any atom is -0.480 e. The van der Waals surface area contributed by atoms with Gasteiger partial charge in [-0.3, -0.25) is 4.79 Å². The van der Waals surface area contributed by atoms with E-state index in [4.69, 9.17) is 5.11 Å². The third-order valence-corrected chi connectivity index (χ3v) is 2.43. The van der Waals surface area contributed by atoms with Gasteiger partial charge in [0, 0.05) is 16.8 Å². The molecule has 0 aromatic carbocycles. The van der Waals surface area contributed by atoms with E-state index in [1.54, 1.807) is 7.05 Å². The topological polar surface area (TPSA) is 75.1 Å². The number of carbonyl (C=O) groups is 1. The van der Waals surface area contributed by atoms with Crippen LogP contribution in [0.15, 0.2) is 6.07 Å². The molecule has 0 spiro atoms. The first-order chi connectivity index (χ1) is 7.75. The van der Waals surface area contributed by atoms with Crippen LogP contribution in [0.25, 0.3) is 0 Å². The number of hydrogen-bond acceptors (Lipinski definition) is 4. The standard InChI is InChI=1S/C12H19N3O2/c1-7-6-8(12(2,3)4)15-10(14-7)9(13-5)11(16)17/h6,9,13H,1-5H3,(H,16,17). The molecule has 0 bridgehead atoms. The second kappa shape index (κ2) is 4.79. The molecule has 1 aromatic heterocycles. The number of aliphatic carboxylic acids is 1. The fourth-order valence-electron chi connectivity index (χ4n) is 1.47. The van der Waals surface area contributed by atoms with Gasteiger partial charge in [-0.1, -0.05) is 20.8 Å². The van der Waals surface area contributed by atoms with Gasteiger partial charge in [-0.05, 0) is 20.0 Å². The first-order valence-corrected chi connectivity index (χ1v) is 5.52. The van der Waals surface area contributed by atoms with Gasteiger partial charge in [-0.25, -0.2) is 9.97 Å². The second-order valence-electron chi connectivity index (χ2n) is 5.06. The number of carboxylic acids is 1. The summed E-state index contributed by atoms with van der Waals surface area (Å²) in [6.07, 6.45) is 0. The third kappa shape index (κ3) is 3.23. The Labute approximate surface area is 101 Å². The van der Waals surface area contributed by atoms with Crippen LogP contribution in [0, 0.1) is 6.92 Å². The lowest BCUT2D eigenvalue weighted by Crippen LogP contribution is -2.28. The number of rotatable bonds is 3. The largest absolute Gasteiger partial charge is 0.480 e. The van der Waals surface area contributed by atoms with Crippen molar-refractivity contribution in [2.24, 2.45) is 0 Å². The van der Waals surface area contributed by atoms with E-state index in [-0.39, 0.29) is 5.41 Å². The van der Waals surface area contributed by atoms with Crippen molar-refractivity contribution >= 4 is 5.97 Å². The maximum absolute atomic E-state index is 11.1. The summed E-state index contributed by atoms with van der Waals surface area (Å²) >= 11 is 0. The molecule has 0 aliphatic carbocycles. The number of hydrogen-bond donors (Lipinski definition) is 2. The highest BCUT2D eigenvalue weighted by Crippen LogP contribution is 2.22. The minimum atomic E-state index is -0.974. The van der Waals surface area contributed by atoms with Gasteiger partial charge in [0.05, 0.1) is 0 Å². The van der Waals surface area contributed by atoms with Crippen molar-refractivity contribution in [3.8, 4) is 0 Å². The van der Waals surface area contributed by atoms with Gasteiger partial charge in [-0.15, -0.1) is 0 Å². The highest BCUT2D eigenvalue weighted by Gasteiger charge is 2.24. The van der Waals surface area contributed by atoms with Crippen LogP contribution >= 0.6 is 0 Å². The normalized spacial score (nSPS) is 13.5. The Balaban J connectivity index is 3.26. The summed E-state index contributed by atoms with van der Waals surface area (Å²) in [6.45, 7) is 7.95. The van der Waals surface area contributed by atoms with E-state index < -0.39 is 12.0 Å². The van der Waals surface area contributed by atoms with Crippen molar-refractivity contribution in [3.63, 3.8) is 0 Å². The first-order valence-electron chi connectivity index (χ1n) is 5.52. The van der Waals surface area contributed by atoms with Crippen LogP contribution in [0.4, 0.5) is 0 Å². The average molecular weight is 237 g/mol. The van der Waals surface area contributed by atoms with Gasteiger partial charge in [0.2, 0.25) is 0 Å². The van der Waals surface area contributed by atoms with Crippen LogP contribution in [0.5, 0.6) is 0 Å². The number of likely N-dealkylation sites (N-methyl/N-ethyl adjacent to an activating group) is 1. The summed E-state index contributed by atoms with van der Waals surface area (Å²) in [5.41, 5.74) is 1.50. The third-order valence-electron chi connectivity index (χ3n) is 2.43. The minimum absolute atomic E-state index is 0.126. The Morgan fingerprint density at radius 3 is 2.41 bits per heavy atom. The molecular weight excluding hydrogens is 218 g/mol. The molecule has 0 aliphatic rings. The van der Waals surface area contributed by atoms with Crippen molar-refractivity contribution in [3.05, 3.63) is 23.3 Å². The maximum Gasteiger partial charge on any atom is 0.328 e. The van der Waals surface area contributed by atoms with E-state index in [1.807, 2.05) is 33.8 Å². The fourth-order valence-corrected chi connectivity index (χ4v) is 1.47. The Morgan fingerprint density at radius 1 is 1.41 bits per heavy atom. The van der Waals surface area contributed by atoms with Crippen molar-refractivity contribution in [2.75, 3.05) is 7.05 Å². The molecule has 0 amide bonds. The van der Waals surface area contributed by atoms with Crippen LogP contribution in [0.1, 0.15) is 44.0 Å². The molecule has 2 N–H and O–H groups in total. The number of aryl methyl sites for hydroxylation is 1. The second-order valence-corrected chi connectivity index (χ2v) is 5.06. The molecule has 5 heteroatoms. The van der Waals surface area contributed by atoms with Gasteiger partial charge in [0.1, 0.15) is 0 Å². The zero-order valence-corrected chi connectivity index (χ0v) is 10.9. The summed E-state index contributed by atoms with van der Waals surface area (Å²) in [5.74, 6) is -0.664. The smallest absolute Gasteiger partial charge is 0.328 e. The monoisotopic (exact) mass is 237 g/mol. The average Bonchev–Trinajstić information content (AvgIpc) is 2.15. The molecule has 1 rings (SSSR count). The van der Waals surface area contributed by atoms with E-state index in [0.29, 0.717) is 5.82 Å². The van der Waals surface area contributed by atoms with Gasteiger partial charge in [-0.2, -0.15) is 0 Å². The van der Waals surface area contributed by atoms with Gasteiger partial charge < -0.3 is 10.4 Å². The van der Waals surface area contributed by atoms with Crippen molar-refractivity contribution in [1.29, 1.82) is 0 Å². The van der Waals surface area contributed by atoms with Gasteiger partial charge in [0.15, 0.2) is 11.9 Å². The Kier molecular flexibility index (Phi) is 3.83. The zero-order chi connectivity index (χ0) is 13.2. The lowest BCUT2D eigenvalue weighted by atomic mass is 9.91. The van der Waals surface area contributed by atoms with E-state index >= 15 is 0 Å². The molecule has 1 atom stereocenters. The van der Waals surface area contributed by atoms with E-state index in [1.165, 1.54) is 0 Å². The van der Waals surface area contributed by atoms with E-state index in [9.17, 15) is 4.79 Å². The molecule has 1 unspecified atom stereocenters. The Morgan fingerprint density at radius 2 is 2.00 bits per heavy atom. The molecule has 5 nitrogen and oxygen atoms in total. The number of carboxylic acid groups (broad SMARTS) is 1. The van der Waals surface area contributed by atoms with Gasteiger partial charge in [0.25, 0.3) is 0 Å². The van der Waals surface area contributed by atoms with Crippen LogP contribution in [0.2, 0.25) is 0 Å². The summed E-state index contributed by atoms with van der Waals surface area (Å²) < 4.78 is 0. The summed E-state index contributed by atoms with van der Waals surface area (Å²) in [5, 5.41) is 11.8. The predicted octanol–water partition coefficient (Wildman–Crippen LogP) is 1.43. The lowest BCUT2D eigenvalue weighted by Gasteiger charge is -2.20. The molecule has 0 saturated heterocycles. The number of aromatic nitrogens is 2. The molecule has 0 radical (unpaired) electrons. The molecular formula is C12H19N3O2. The predicted molar refractivity (Wildman–Crippen MR) is 64.9 cm³/mol. The molecule has 94 valence electrons. The molecule has 1 aromatic rings. The van der Waals surface area contributed by atoms with Crippen LogP contribution < -0.4 is 5.32 Å². The number of nitrogens with zero attached hydrogens (tertiary/aromatic N) is 2. The zero-order valence-electron chi connectivity index (χ0n) is 10.9. The van der Waals surface area contributed by atoms with Crippen LogP contribution in [0.3, 0.4) is 0 Å². The molecule has 17 heavy (non-hydrogen) atoms. The summed E-state index contributed by atoms with van der Waals surface area (Å²) in [7, 11) is 1.58. The SMILES string of the molecule is CNC(C(=O)O)c1nc(C)cc(C(C)(C)C)n1. The highest BCUT2D eigenvalue weighted by atomic mass is 16.4. The molecule has 0 aliphatic heterocycles. The maximum atomic E-state index is 11.1. The van der Waals surface area contributed by atoms with Gasteiger partial charge >= 0.3 is 5.97 Å². The first kappa shape index (κ1) is 13.6. The molecule has 0 fully saturated rings. The Hall–Kier alpha value is -1.49. The Bertz CT molecular complexity index is 424. The fraction of sp³-hybridized carbons (Fsp3) is 0.583. The quantitative estimate of drug-likeness (QED) is 0.831. The number of nitrogens with one attached hydrogen (secondary N) is 1. The molecule has 1 heterocycles. The molecule has 0 saturated carbocycles. The summed E-state index contributed by atoms with van der Waals surface area (Å²) in [6, 6.07) is 1.02. The highest BCUT2D eigenvalue weighted by molar-refractivity contribution is 5.74. The van der Waals surface area contributed by atoms with E-state index in [2.05, 4.69) is 15.3 Å². The van der Waals surface area contributed by atoms with E-state index in [0.717, 1.165) is 11.4 Å². The van der Waals surface area contributed by atoms with Crippen molar-refractivity contribution in [1.82, 2.24) is 15.3 Å². The van der Waals surface area contributed by atoms with Crippen molar-refractivity contribution in [2.45, 2.75) is 39.2 Å². The van der Waals surface area contributed by atoms with Crippen LogP contribution in [-0.4, -0.2) is 28.1 Å². The van der Waals surface area contributed by atoms with Crippen LogP contribution in [-0.2, 0) is 10.2 Å². The lowest BCUT2D eigenvalue weighted by molar-refractivity contribution is -0.139.